The van der Waals surface area contributed by atoms with Crippen molar-refractivity contribution in [2.75, 3.05) is 45.9 Å². The summed E-state index contributed by atoms with van der Waals surface area (Å²) >= 11 is 0. The minimum Gasteiger partial charge on any atom is -0.491 e. The van der Waals surface area contributed by atoms with Gasteiger partial charge >= 0.3 is 0 Å². The molecular weight excluding hydrogens is 266 g/mol. The van der Waals surface area contributed by atoms with Crippen molar-refractivity contribution in [2.45, 2.75) is 19.6 Å². The van der Waals surface area contributed by atoms with Gasteiger partial charge in [0.2, 0.25) is 0 Å². The van der Waals surface area contributed by atoms with E-state index < -0.39 is 6.10 Å². The van der Waals surface area contributed by atoms with Gasteiger partial charge in [-0.2, -0.15) is 0 Å². The summed E-state index contributed by atoms with van der Waals surface area (Å²) in [5.74, 6) is 0.771. The first-order chi connectivity index (χ1) is 10.2. The van der Waals surface area contributed by atoms with Gasteiger partial charge in [0.05, 0.1) is 0 Å². The maximum absolute atomic E-state index is 10.1. The Morgan fingerprint density at radius 1 is 1.24 bits per heavy atom. The van der Waals surface area contributed by atoms with Gasteiger partial charge in [0.1, 0.15) is 18.5 Å². The molecule has 5 nitrogen and oxygen atoms in total. The molecule has 5 heteroatoms. The zero-order chi connectivity index (χ0) is 15.1. The first-order valence-electron chi connectivity index (χ1n) is 7.76. The molecule has 1 aromatic rings. The molecule has 1 saturated heterocycles. The first-order valence-corrected chi connectivity index (χ1v) is 7.76. The molecular formula is C16H27N3O2. The summed E-state index contributed by atoms with van der Waals surface area (Å²) in [6.45, 7) is 9.01. The topological polar surface area (TPSA) is 62.0 Å². The van der Waals surface area contributed by atoms with E-state index in [4.69, 9.17) is 10.5 Å². The van der Waals surface area contributed by atoms with Crippen molar-refractivity contribution in [2.24, 2.45) is 5.73 Å². The van der Waals surface area contributed by atoms with E-state index in [1.165, 1.54) is 0 Å². The molecule has 1 heterocycles. The van der Waals surface area contributed by atoms with Crippen LogP contribution in [0.25, 0.3) is 0 Å². The largest absolute Gasteiger partial charge is 0.491 e. The third-order valence-corrected chi connectivity index (χ3v) is 3.96. The van der Waals surface area contributed by atoms with Gasteiger partial charge in [0.15, 0.2) is 0 Å². The lowest BCUT2D eigenvalue weighted by molar-refractivity contribution is 0.0471. The van der Waals surface area contributed by atoms with E-state index in [9.17, 15) is 5.11 Å². The van der Waals surface area contributed by atoms with Gasteiger partial charge in [0, 0.05) is 39.3 Å². The van der Waals surface area contributed by atoms with Crippen molar-refractivity contribution >= 4 is 0 Å². The minimum atomic E-state index is -0.459. The molecule has 1 atom stereocenters. The lowest BCUT2D eigenvalue weighted by atomic mass is 10.2. The summed E-state index contributed by atoms with van der Waals surface area (Å²) < 4.78 is 5.65. The van der Waals surface area contributed by atoms with Crippen LogP contribution < -0.4 is 10.5 Å². The van der Waals surface area contributed by atoms with E-state index in [0.29, 0.717) is 19.7 Å². The Bertz CT molecular complexity index is 420. The van der Waals surface area contributed by atoms with Gasteiger partial charge < -0.3 is 20.5 Å². The van der Waals surface area contributed by atoms with Crippen molar-refractivity contribution in [1.82, 2.24) is 9.80 Å². The van der Waals surface area contributed by atoms with Crippen LogP contribution in [-0.4, -0.2) is 66.9 Å². The van der Waals surface area contributed by atoms with Crippen LogP contribution in [0.3, 0.4) is 0 Å². The fourth-order valence-electron chi connectivity index (χ4n) is 2.59. The van der Waals surface area contributed by atoms with Crippen LogP contribution in [0.1, 0.15) is 12.5 Å². The zero-order valence-electron chi connectivity index (χ0n) is 12.9. The van der Waals surface area contributed by atoms with Crippen molar-refractivity contribution in [1.29, 1.82) is 0 Å². The molecule has 2 rings (SSSR count). The summed E-state index contributed by atoms with van der Waals surface area (Å²) in [6.07, 6.45) is -0.459. The number of likely N-dealkylation sites (N-methyl/N-ethyl adjacent to an activating group) is 1. The Kier molecular flexibility index (Phi) is 6.45. The number of nitrogens with zero attached hydrogens (tertiary/aromatic N) is 2. The second kappa shape index (κ2) is 8.34. The molecule has 1 fully saturated rings. The number of hydrogen-bond donors (Lipinski definition) is 2. The Morgan fingerprint density at radius 3 is 2.62 bits per heavy atom. The highest BCUT2D eigenvalue weighted by atomic mass is 16.5. The Balaban J connectivity index is 1.71. The van der Waals surface area contributed by atoms with Crippen molar-refractivity contribution in [3.05, 3.63) is 29.8 Å². The van der Waals surface area contributed by atoms with Crippen LogP contribution >= 0.6 is 0 Å². The first kappa shape index (κ1) is 16.2. The monoisotopic (exact) mass is 293 g/mol. The lowest BCUT2D eigenvalue weighted by Gasteiger charge is -2.34. The van der Waals surface area contributed by atoms with E-state index in [0.717, 1.165) is 44.0 Å². The third-order valence-electron chi connectivity index (χ3n) is 3.96. The maximum atomic E-state index is 10.1. The molecule has 0 aromatic heterocycles. The molecule has 0 radical (unpaired) electrons. The SMILES string of the molecule is CCN1CCN(CC(O)COc2cccc(CN)c2)CC1. The number of benzene rings is 1. The van der Waals surface area contributed by atoms with E-state index in [1.807, 2.05) is 24.3 Å². The van der Waals surface area contributed by atoms with E-state index in [1.54, 1.807) is 0 Å². The summed E-state index contributed by atoms with van der Waals surface area (Å²) in [5, 5.41) is 10.1. The van der Waals surface area contributed by atoms with E-state index in [-0.39, 0.29) is 0 Å². The highest BCUT2D eigenvalue weighted by molar-refractivity contribution is 5.28. The Morgan fingerprint density at radius 2 is 1.95 bits per heavy atom. The zero-order valence-corrected chi connectivity index (χ0v) is 12.9. The highest BCUT2D eigenvalue weighted by Gasteiger charge is 2.18. The van der Waals surface area contributed by atoms with Crippen molar-refractivity contribution < 1.29 is 9.84 Å². The van der Waals surface area contributed by atoms with Crippen LogP contribution in [0.5, 0.6) is 5.75 Å². The van der Waals surface area contributed by atoms with Crippen LogP contribution in [0, 0.1) is 0 Å². The molecule has 1 aliphatic rings. The molecule has 118 valence electrons. The number of nitrogens with two attached hydrogens (primary N) is 1. The predicted molar refractivity (Wildman–Crippen MR) is 84.4 cm³/mol. The average Bonchev–Trinajstić information content (AvgIpc) is 2.54. The number of rotatable bonds is 7. The number of piperazine rings is 1. The third kappa shape index (κ3) is 5.28. The van der Waals surface area contributed by atoms with Crippen LogP contribution in [-0.2, 0) is 6.54 Å². The number of hydrogen-bond acceptors (Lipinski definition) is 5. The van der Waals surface area contributed by atoms with Crippen molar-refractivity contribution in [3.63, 3.8) is 0 Å². The second-order valence-corrected chi connectivity index (χ2v) is 5.55. The van der Waals surface area contributed by atoms with Gasteiger partial charge in [-0.05, 0) is 24.2 Å². The van der Waals surface area contributed by atoms with Gasteiger partial charge in [-0.15, -0.1) is 0 Å². The summed E-state index contributed by atoms with van der Waals surface area (Å²) in [5.41, 5.74) is 6.64. The predicted octanol–water partition coefficient (Wildman–Crippen LogP) is 0.522. The molecule has 21 heavy (non-hydrogen) atoms. The quantitative estimate of drug-likeness (QED) is 0.767. The molecule has 1 unspecified atom stereocenters. The smallest absolute Gasteiger partial charge is 0.119 e. The van der Waals surface area contributed by atoms with E-state index in [2.05, 4.69) is 16.7 Å². The Hall–Kier alpha value is -1.14. The molecule has 0 amide bonds. The molecule has 0 spiro atoms. The van der Waals surface area contributed by atoms with Crippen LogP contribution in [0.4, 0.5) is 0 Å². The van der Waals surface area contributed by atoms with E-state index >= 15 is 0 Å². The Labute approximate surface area is 127 Å². The maximum Gasteiger partial charge on any atom is 0.119 e. The highest BCUT2D eigenvalue weighted by Crippen LogP contribution is 2.13. The van der Waals surface area contributed by atoms with Gasteiger partial charge in [-0.1, -0.05) is 19.1 Å². The van der Waals surface area contributed by atoms with Gasteiger partial charge in [-0.3, -0.25) is 4.90 Å². The fourth-order valence-corrected chi connectivity index (χ4v) is 2.59. The second-order valence-electron chi connectivity index (χ2n) is 5.55. The molecule has 1 aromatic carbocycles. The number of β-amino-alcohol motifs (C(OH)–C–C–N with tert-alkyl or cyclic N) is 1. The lowest BCUT2D eigenvalue weighted by Crippen LogP contribution is -2.49. The molecule has 1 aliphatic heterocycles. The normalized spacial score (nSPS) is 18.6. The summed E-state index contributed by atoms with van der Waals surface area (Å²) in [7, 11) is 0. The minimum absolute atomic E-state index is 0.321. The molecule has 3 N–H and O–H groups in total. The van der Waals surface area contributed by atoms with Gasteiger partial charge in [0.25, 0.3) is 0 Å². The van der Waals surface area contributed by atoms with Crippen LogP contribution in [0.15, 0.2) is 24.3 Å². The number of ether oxygens (including phenoxy) is 1. The molecule has 0 saturated carbocycles. The van der Waals surface area contributed by atoms with Crippen LogP contribution in [0.2, 0.25) is 0 Å². The standard InChI is InChI=1S/C16H27N3O2/c1-2-18-6-8-19(9-7-18)12-15(20)13-21-16-5-3-4-14(10-16)11-17/h3-5,10,15,20H,2,6-9,11-13,17H2,1H3. The van der Waals surface area contributed by atoms with Crippen molar-refractivity contribution in [3.8, 4) is 5.75 Å². The fraction of sp³-hybridized carbons (Fsp3) is 0.625. The number of aliphatic hydroxyl groups is 1. The number of aliphatic hydroxyl groups excluding tert-OH is 1. The average molecular weight is 293 g/mol. The van der Waals surface area contributed by atoms with Gasteiger partial charge in [-0.25, -0.2) is 0 Å². The summed E-state index contributed by atoms with van der Waals surface area (Å²) in [4.78, 5) is 4.73. The summed E-state index contributed by atoms with van der Waals surface area (Å²) in [6, 6.07) is 7.71. The molecule has 0 aliphatic carbocycles. The molecule has 0 bridgehead atoms.